The van der Waals surface area contributed by atoms with Crippen molar-refractivity contribution in [3.8, 4) is 17.0 Å². The standard InChI is InChI=1S/C30H34F3N3O5S2/c1-19-3-6-27(41-17-22-5-4-21(14-20(22)2)15-35-9-11-43(39,40)12-10-35)24(13-19)26-18-42-29(34-26)36-8-7-23(28(37)38)25(16-36)30(31,32)33/h3-6,13-14,18,23,25H,7-12,15-17H2,1-2H3,(H,37,38). The van der Waals surface area contributed by atoms with Crippen molar-refractivity contribution in [2.24, 2.45) is 11.8 Å². The van der Waals surface area contributed by atoms with Crippen LogP contribution in [-0.4, -0.2) is 73.2 Å². The fourth-order valence-corrected chi connectivity index (χ4v) is 7.74. The predicted molar refractivity (Wildman–Crippen MR) is 159 cm³/mol. The zero-order valence-corrected chi connectivity index (χ0v) is 25.6. The molecular weight excluding hydrogens is 603 g/mol. The fraction of sp³-hybridized carbons (Fsp3) is 0.467. The minimum Gasteiger partial charge on any atom is -0.488 e. The second kappa shape index (κ2) is 12.4. The Balaban J connectivity index is 1.28. The number of aliphatic carboxylic acids is 1. The first-order valence-electron chi connectivity index (χ1n) is 14.0. The first kappa shape index (κ1) is 31.3. The van der Waals surface area contributed by atoms with Gasteiger partial charge in [0.2, 0.25) is 0 Å². The first-order chi connectivity index (χ1) is 20.3. The molecule has 43 heavy (non-hydrogen) atoms. The number of alkyl halides is 3. The molecule has 1 N–H and O–H groups in total. The number of rotatable bonds is 8. The molecule has 2 unspecified atom stereocenters. The van der Waals surface area contributed by atoms with Crippen molar-refractivity contribution in [2.45, 2.75) is 39.6 Å². The van der Waals surface area contributed by atoms with Gasteiger partial charge in [-0.1, -0.05) is 29.8 Å². The maximum absolute atomic E-state index is 13.7. The number of aryl methyl sites for hydroxylation is 2. The van der Waals surface area contributed by atoms with E-state index in [1.165, 1.54) is 16.2 Å². The van der Waals surface area contributed by atoms with Crippen molar-refractivity contribution in [3.05, 3.63) is 64.0 Å². The molecular formula is C30H34F3N3O5S2. The number of halogens is 3. The molecule has 8 nitrogen and oxygen atoms in total. The van der Waals surface area contributed by atoms with Gasteiger partial charge in [-0.15, -0.1) is 11.3 Å². The van der Waals surface area contributed by atoms with Crippen LogP contribution in [0.3, 0.4) is 0 Å². The Morgan fingerprint density at radius 2 is 1.86 bits per heavy atom. The van der Waals surface area contributed by atoms with E-state index < -0.39 is 40.4 Å². The van der Waals surface area contributed by atoms with Crippen LogP contribution in [0.1, 0.15) is 28.7 Å². The zero-order chi connectivity index (χ0) is 30.9. The molecule has 0 aliphatic carbocycles. The number of hydrogen-bond donors (Lipinski definition) is 1. The van der Waals surface area contributed by atoms with Crippen molar-refractivity contribution in [1.29, 1.82) is 0 Å². The Morgan fingerprint density at radius 3 is 2.53 bits per heavy atom. The summed E-state index contributed by atoms with van der Waals surface area (Å²) in [5.41, 5.74) is 5.43. The number of carboxylic acid groups (broad SMARTS) is 1. The molecule has 2 aromatic carbocycles. The van der Waals surface area contributed by atoms with Crippen molar-refractivity contribution in [2.75, 3.05) is 42.6 Å². The normalized spacial score (nSPS) is 21.1. The number of sulfone groups is 1. The molecule has 2 atom stereocenters. The topological polar surface area (TPSA) is 100 Å². The van der Waals surface area contributed by atoms with E-state index in [0.29, 0.717) is 42.8 Å². The van der Waals surface area contributed by atoms with E-state index in [4.69, 9.17) is 4.74 Å². The molecule has 0 spiro atoms. The maximum Gasteiger partial charge on any atom is 0.394 e. The van der Waals surface area contributed by atoms with E-state index in [1.54, 1.807) is 5.38 Å². The number of ether oxygens (including phenoxy) is 1. The van der Waals surface area contributed by atoms with Crippen molar-refractivity contribution in [3.63, 3.8) is 0 Å². The highest BCUT2D eigenvalue weighted by atomic mass is 32.2. The molecule has 0 amide bonds. The smallest absolute Gasteiger partial charge is 0.394 e. The summed E-state index contributed by atoms with van der Waals surface area (Å²) in [4.78, 5) is 19.8. The lowest BCUT2D eigenvalue weighted by molar-refractivity contribution is -0.197. The van der Waals surface area contributed by atoms with Gasteiger partial charge in [-0.05, 0) is 49.1 Å². The Morgan fingerprint density at radius 1 is 1.12 bits per heavy atom. The Hall–Kier alpha value is -3.16. The summed E-state index contributed by atoms with van der Waals surface area (Å²) in [6.07, 6.45) is -4.72. The Bertz CT molecular complexity index is 1580. The van der Waals surface area contributed by atoms with E-state index in [9.17, 15) is 31.5 Å². The highest BCUT2D eigenvalue weighted by Gasteiger charge is 2.50. The lowest BCUT2D eigenvalue weighted by atomic mass is 9.85. The van der Waals surface area contributed by atoms with Gasteiger partial charge in [0.1, 0.15) is 12.4 Å². The van der Waals surface area contributed by atoms with E-state index in [0.717, 1.165) is 27.8 Å². The number of benzene rings is 2. The van der Waals surface area contributed by atoms with Gasteiger partial charge in [-0.25, -0.2) is 13.4 Å². The molecule has 2 aliphatic rings. The summed E-state index contributed by atoms with van der Waals surface area (Å²) >= 11 is 1.23. The van der Waals surface area contributed by atoms with Crippen molar-refractivity contribution in [1.82, 2.24) is 9.88 Å². The van der Waals surface area contributed by atoms with Gasteiger partial charge >= 0.3 is 12.1 Å². The van der Waals surface area contributed by atoms with Crippen LogP contribution in [0.5, 0.6) is 5.75 Å². The van der Waals surface area contributed by atoms with Gasteiger partial charge in [0.15, 0.2) is 15.0 Å². The molecule has 13 heteroatoms. The molecule has 2 saturated heterocycles. The highest BCUT2D eigenvalue weighted by Crippen LogP contribution is 2.41. The number of carbonyl (C=O) groups is 1. The molecule has 2 aliphatic heterocycles. The van der Waals surface area contributed by atoms with Crippen molar-refractivity contribution >= 4 is 32.3 Å². The number of hydrogen-bond acceptors (Lipinski definition) is 8. The molecule has 1 aromatic heterocycles. The third kappa shape index (κ3) is 7.50. The van der Waals surface area contributed by atoms with Crippen LogP contribution in [0.4, 0.5) is 18.3 Å². The number of anilines is 1. The molecule has 3 aromatic rings. The molecule has 0 radical (unpaired) electrons. The second-order valence-electron chi connectivity index (χ2n) is 11.3. The molecule has 2 fully saturated rings. The summed E-state index contributed by atoms with van der Waals surface area (Å²) in [7, 11) is -2.92. The fourth-order valence-electron chi connectivity index (χ4n) is 5.60. The average molecular weight is 638 g/mol. The molecule has 0 bridgehead atoms. The van der Waals surface area contributed by atoms with E-state index in [1.807, 2.05) is 44.2 Å². The third-order valence-electron chi connectivity index (χ3n) is 8.16. The van der Waals surface area contributed by atoms with Crippen molar-refractivity contribution < 1.29 is 36.2 Å². The quantitative estimate of drug-likeness (QED) is 0.354. The largest absolute Gasteiger partial charge is 0.488 e. The minimum atomic E-state index is -4.62. The number of carboxylic acids is 1. The summed E-state index contributed by atoms with van der Waals surface area (Å²) in [6, 6.07) is 11.8. The lowest BCUT2D eigenvalue weighted by Crippen LogP contribution is -2.49. The van der Waals surface area contributed by atoms with Crippen LogP contribution in [0, 0.1) is 25.7 Å². The maximum atomic E-state index is 13.7. The van der Waals surface area contributed by atoms with Gasteiger partial charge in [-0.2, -0.15) is 13.2 Å². The number of nitrogens with zero attached hydrogens (tertiary/aromatic N) is 3. The molecule has 3 heterocycles. The third-order valence-corrected chi connectivity index (χ3v) is 10.7. The molecule has 0 saturated carbocycles. The van der Waals surface area contributed by atoms with Crippen LogP contribution >= 0.6 is 11.3 Å². The average Bonchev–Trinajstić information content (AvgIpc) is 3.44. The predicted octanol–water partition coefficient (Wildman–Crippen LogP) is 5.33. The number of piperidine rings is 1. The van der Waals surface area contributed by atoms with Gasteiger partial charge in [0.05, 0.1) is 29.0 Å². The Kier molecular flexibility index (Phi) is 9.05. The van der Waals surface area contributed by atoms with Gasteiger partial charge in [0.25, 0.3) is 0 Å². The van der Waals surface area contributed by atoms with Crippen LogP contribution in [-0.2, 0) is 27.8 Å². The highest BCUT2D eigenvalue weighted by molar-refractivity contribution is 7.91. The summed E-state index contributed by atoms with van der Waals surface area (Å²) in [6.45, 7) is 5.73. The number of thiazole rings is 1. The summed E-state index contributed by atoms with van der Waals surface area (Å²) < 4.78 is 70.7. The van der Waals surface area contributed by atoms with Gasteiger partial charge < -0.3 is 14.7 Å². The minimum absolute atomic E-state index is 0.106. The second-order valence-corrected chi connectivity index (χ2v) is 14.5. The molecule has 5 rings (SSSR count). The monoisotopic (exact) mass is 637 g/mol. The van der Waals surface area contributed by atoms with Crippen LogP contribution < -0.4 is 9.64 Å². The van der Waals surface area contributed by atoms with Gasteiger partial charge in [0, 0.05) is 43.7 Å². The Labute approximate surface area is 253 Å². The van der Waals surface area contributed by atoms with Crippen LogP contribution in [0.25, 0.3) is 11.3 Å². The molecule has 232 valence electrons. The van der Waals surface area contributed by atoms with E-state index >= 15 is 0 Å². The van der Waals surface area contributed by atoms with Crippen LogP contribution in [0.15, 0.2) is 41.8 Å². The summed E-state index contributed by atoms with van der Waals surface area (Å²) in [5, 5.41) is 11.5. The zero-order valence-electron chi connectivity index (χ0n) is 23.9. The summed E-state index contributed by atoms with van der Waals surface area (Å²) in [5.74, 6) is -3.88. The number of aromatic nitrogens is 1. The van der Waals surface area contributed by atoms with E-state index in [2.05, 4.69) is 16.0 Å². The first-order valence-corrected chi connectivity index (χ1v) is 16.7. The van der Waals surface area contributed by atoms with Gasteiger partial charge in [-0.3, -0.25) is 9.69 Å². The lowest BCUT2D eigenvalue weighted by Gasteiger charge is -2.37. The SMILES string of the molecule is Cc1ccc(OCc2ccc(CN3CCS(=O)(=O)CC3)cc2C)c(-c2csc(N3CCC(C(=O)O)C(C(F)(F)F)C3)n2)c1. The van der Waals surface area contributed by atoms with E-state index in [-0.39, 0.29) is 24.5 Å². The van der Waals surface area contributed by atoms with Crippen LogP contribution in [0.2, 0.25) is 0 Å².